The second-order valence-corrected chi connectivity index (χ2v) is 7.44. The lowest BCUT2D eigenvalue weighted by Gasteiger charge is -2.34. The number of amides is 2. The summed E-state index contributed by atoms with van der Waals surface area (Å²) in [6.07, 6.45) is 9.34. The lowest BCUT2D eigenvalue weighted by molar-refractivity contribution is 0.134. The van der Waals surface area contributed by atoms with Crippen molar-refractivity contribution in [2.24, 2.45) is 5.92 Å². The van der Waals surface area contributed by atoms with Crippen molar-refractivity contribution in [2.75, 3.05) is 20.2 Å². The topological polar surface area (TPSA) is 83.3 Å². The van der Waals surface area contributed by atoms with Crippen LogP contribution in [-0.2, 0) is 19.4 Å². The summed E-state index contributed by atoms with van der Waals surface area (Å²) in [6, 6.07) is 0.273. The number of nitrogens with one attached hydrogen (secondary N) is 1. The maximum Gasteiger partial charge on any atom is 0.317 e. The van der Waals surface area contributed by atoms with Crippen molar-refractivity contribution >= 4 is 6.03 Å². The van der Waals surface area contributed by atoms with Crippen molar-refractivity contribution < 1.29 is 9.90 Å². The fraction of sp³-hybridized carbons (Fsp3) is 0.833. The predicted molar refractivity (Wildman–Crippen MR) is 95.3 cm³/mol. The minimum atomic E-state index is -0.0111. The van der Waals surface area contributed by atoms with Crippen LogP contribution in [0.15, 0.2) is 0 Å². The molecule has 0 unspecified atom stereocenters. The molecule has 140 valence electrons. The first-order valence-corrected chi connectivity index (χ1v) is 9.71. The van der Waals surface area contributed by atoms with E-state index in [1.807, 2.05) is 11.9 Å². The van der Waals surface area contributed by atoms with Gasteiger partial charge >= 0.3 is 6.03 Å². The number of urea groups is 1. The second-order valence-electron chi connectivity index (χ2n) is 7.44. The summed E-state index contributed by atoms with van der Waals surface area (Å²) in [5, 5.41) is 20.9. The molecule has 0 aromatic carbocycles. The van der Waals surface area contributed by atoms with Crippen LogP contribution in [0.25, 0.3) is 0 Å². The Labute approximate surface area is 149 Å². The zero-order valence-corrected chi connectivity index (χ0v) is 15.3. The molecule has 1 aromatic heterocycles. The Kier molecular flexibility index (Phi) is 6.29. The van der Waals surface area contributed by atoms with Gasteiger partial charge in [0, 0.05) is 45.6 Å². The molecule has 0 bridgehead atoms. The van der Waals surface area contributed by atoms with E-state index < -0.39 is 0 Å². The number of carbonyl (C=O) groups is 1. The standard InChI is InChI=1S/C18H31N5O2/c1-22(15-8-6-14(13-24)7-9-15)18(25)19-11-10-17-21-20-16-5-3-2-4-12-23(16)17/h14-15,24H,2-13H2,1H3,(H,19,25). The van der Waals surface area contributed by atoms with E-state index in [9.17, 15) is 9.90 Å². The van der Waals surface area contributed by atoms with Gasteiger partial charge < -0.3 is 19.9 Å². The normalized spacial score (nSPS) is 23.6. The molecule has 7 heteroatoms. The van der Waals surface area contributed by atoms with Crippen LogP contribution in [0.4, 0.5) is 4.79 Å². The Morgan fingerprint density at radius 3 is 2.80 bits per heavy atom. The molecule has 1 saturated carbocycles. The van der Waals surface area contributed by atoms with E-state index in [1.54, 1.807) is 0 Å². The van der Waals surface area contributed by atoms with Crippen LogP contribution >= 0.6 is 0 Å². The van der Waals surface area contributed by atoms with E-state index in [4.69, 9.17) is 0 Å². The fourth-order valence-electron chi connectivity index (χ4n) is 4.02. The van der Waals surface area contributed by atoms with E-state index >= 15 is 0 Å². The van der Waals surface area contributed by atoms with Gasteiger partial charge in [0.1, 0.15) is 11.6 Å². The van der Waals surface area contributed by atoms with Gasteiger partial charge in [0.15, 0.2) is 0 Å². The number of carbonyl (C=O) groups excluding carboxylic acids is 1. The second kappa shape index (κ2) is 8.65. The Hall–Kier alpha value is -1.63. The SMILES string of the molecule is CN(C(=O)NCCc1nnc2n1CCCCC2)C1CCC(CO)CC1. The van der Waals surface area contributed by atoms with Gasteiger partial charge in [-0.3, -0.25) is 0 Å². The molecule has 0 radical (unpaired) electrons. The van der Waals surface area contributed by atoms with Gasteiger partial charge in [0.2, 0.25) is 0 Å². The Morgan fingerprint density at radius 2 is 2.04 bits per heavy atom. The van der Waals surface area contributed by atoms with E-state index in [0.29, 0.717) is 12.5 Å². The molecule has 2 N–H and O–H groups in total. The summed E-state index contributed by atoms with van der Waals surface area (Å²) in [5.74, 6) is 2.50. The molecule has 1 aliphatic heterocycles. The first-order valence-electron chi connectivity index (χ1n) is 9.71. The average molecular weight is 349 g/mol. The summed E-state index contributed by atoms with van der Waals surface area (Å²) in [4.78, 5) is 14.2. The first-order chi connectivity index (χ1) is 12.2. The Balaban J connectivity index is 1.44. The van der Waals surface area contributed by atoms with Gasteiger partial charge in [-0.05, 0) is 44.4 Å². The van der Waals surface area contributed by atoms with Crippen LogP contribution in [0.5, 0.6) is 0 Å². The lowest BCUT2D eigenvalue weighted by Crippen LogP contribution is -2.45. The molecule has 3 rings (SSSR count). The van der Waals surface area contributed by atoms with Crippen molar-refractivity contribution in [1.29, 1.82) is 0 Å². The third-order valence-corrected chi connectivity index (χ3v) is 5.75. The molecular weight excluding hydrogens is 318 g/mol. The minimum Gasteiger partial charge on any atom is -0.396 e. The summed E-state index contributed by atoms with van der Waals surface area (Å²) in [6.45, 7) is 1.86. The third kappa shape index (κ3) is 4.51. The molecular formula is C18H31N5O2. The van der Waals surface area contributed by atoms with E-state index in [2.05, 4.69) is 20.1 Å². The molecule has 1 aromatic rings. The lowest BCUT2D eigenvalue weighted by atomic mass is 9.86. The van der Waals surface area contributed by atoms with Crippen LogP contribution in [-0.4, -0.2) is 57.0 Å². The highest BCUT2D eigenvalue weighted by molar-refractivity contribution is 5.74. The van der Waals surface area contributed by atoms with Crippen molar-refractivity contribution in [3.8, 4) is 0 Å². The molecule has 25 heavy (non-hydrogen) atoms. The van der Waals surface area contributed by atoms with Gasteiger partial charge in [-0.25, -0.2) is 4.79 Å². The van der Waals surface area contributed by atoms with Gasteiger partial charge in [-0.15, -0.1) is 10.2 Å². The van der Waals surface area contributed by atoms with Crippen LogP contribution in [0, 0.1) is 5.92 Å². The largest absolute Gasteiger partial charge is 0.396 e. The molecule has 1 aliphatic carbocycles. The van der Waals surface area contributed by atoms with Crippen LogP contribution in [0.3, 0.4) is 0 Å². The number of hydrogen-bond donors (Lipinski definition) is 2. The zero-order chi connectivity index (χ0) is 17.6. The highest BCUT2D eigenvalue weighted by Crippen LogP contribution is 2.26. The van der Waals surface area contributed by atoms with Crippen LogP contribution < -0.4 is 5.32 Å². The van der Waals surface area contributed by atoms with Gasteiger partial charge in [0.25, 0.3) is 0 Å². The number of aromatic nitrogens is 3. The van der Waals surface area contributed by atoms with Crippen LogP contribution in [0.1, 0.15) is 56.6 Å². The number of aliphatic hydroxyl groups excluding tert-OH is 1. The predicted octanol–water partition coefficient (Wildman–Crippen LogP) is 1.74. The molecule has 2 heterocycles. The summed E-state index contributed by atoms with van der Waals surface area (Å²) >= 11 is 0. The van der Waals surface area contributed by atoms with Crippen molar-refractivity contribution in [2.45, 2.75) is 70.4 Å². The number of rotatable bonds is 5. The Morgan fingerprint density at radius 1 is 1.24 bits per heavy atom. The third-order valence-electron chi connectivity index (χ3n) is 5.75. The maximum atomic E-state index is 12.4. The number of aliphatic hydroxyl groups is 1. The minimum absolute atomic E-state index is 0.0111. The molecule has 0 spiro atoms. The van der Waals surface area contributed by atoms with Crippen molar-refractivity contribution in [1.82, 2.24) is 25.0 Å². The monoisotopic (exact) mass is 349 g/mol. The highest BCUT2D eigenvalue weighted by atomic mass is 16.3. The molecule has 0 atom stereocenters. The first kappa shape index (κ1) is 18.2. The molecule has 2 aliphatic rings. The molecule has 1 fully saturated rings. The summed E-state index contributed by atoms with van der Waals surface area (Å²) < 4.78 is 2.24. The molecule has 7 nitrogen and oxygen atoms in total. The molecule has 0 saturated heterocycles. The number of fused-ring (bicyclic) bond motifs is 1. The maximum absolute atomic E-state index is 12.4. The Bertz CT molecular complexity index is 566. The van der Waals surface area contributed by atoms with Gasteiger partial charge in [-0.1, -0.05) is 6.42 Å². The summed E-state index contributed by atoms with van der Waals surface area (Å²) in [7, 11) is 1.88. The van der Waals surface area contributed by atoms with Crippen molar-refractivity contribution in [3.63, 3.8) is 0 Å². The van der Waals surface area contributed by atoms with Gasteiger partial charge in [0.05, 0.1) is 0 Å². The fourth-order valence-corrected chi connectivity index (χ4v) is 4.02. The average Bonchev–Trinajstić information content (AvgIpc) is 2.87. The highest BCUT2D eigenvalue weighted by Gasteiger charge is 2.26. The molecule has 2 amide bonds. The quantitative estimate of drug-likeness (QED) is 0.848. The zero-order valence-electron chi connectivity index (χ0n) is 15.3. The van der Waals surface area contributed by atoms with E-state index in [0.717, 1.165) is 56.7 Å². The van der Waals surface area contributed by atoms with E-state index in [-0.39, 0.29) is 18.7 Å². The van der Waals surface area contributed by atoms with Crippen LogP contribution in [0.2, 0.25) is 0 Å². The smallest absolute Gasteiger partial charge is 0.317 e. The summed E-state index contributed by atoms with van der Waals surface area (Å²) in [5.41, 5.74) is 0. The van der Waals surface area contributed by atoms with E-state index in [1.165, 1.54) is 19.3 Å². The number of aryl methyl sites for hydroxylation is 1. The van der Waals surface area contributed by atoms with Gasteiger partial charge in [-0.2, -0.15) is 0 Å². The number of hydrogen-bond acceptors (Lipinski definition) is 4. The van der Waals surface area contributed by atoms with Crippen molar-refractivity contribution in [3.05, 3.63) is 11.6 Å². The number of nitrogens with zero attached hydrogens (tertiary/aromatic N) is 4.